The first-order valence-corrected chi connectivity index (χ1v) is 14.8. The van der Waals surface area contributed by atoms with Gasteiger partial charge in [0, 0.05) is 34.3 Å². The number of nitrogens with one attached hydrogen (secondary N) is 2. The largest absolute Gasteiger partial charge is 0.494 e. The van der Waals surface area contributed by atoms with Crippen molar-refractivity contribution in [3.8, 4) is 22.6 Å². The molecule has 0 aliphatic rings. The second-order valence-electron chi connectivity index (χ2n) is 11.5. The van der Waals surface area contributed by atoms with Crippen molar-refractivity contribution >= 4 is 40.9 Å². The Hall–Kier alpha value is -4.14. The van der Waals surface area contributed by atoms with Gasteiger partial charge in [-0.1, -0.05) is 58.9 Å². The lowest BCUT2D eigenvalue weighted by atomic mass is 9.84. The number of hydrogen-bond acceptors (Lipinski definition) is 6. The zero-order valence-corrected chi connectivity index (χ0v) is 27.3. The van der Waals surface area contributed by atoms with Crippen molar-refractivity contribution in [3.63, 3.8) is 0 Å². The molecule has 2 N–H and O–H groups in total. The first-order valence-electron chi connectivity index (χ1n) is 14.8. The van der Waals surface area contributed by atoms with Crippen LogP contribution in [0.4, 0.5) is 5.69 Å². The molecule has 0 aliphatic heterocycles. The summed E-state index contributed by atoms with van der Waals surface area (Å²) in [5.74, 6) is 0.0723. The summed E-state index contributed by atoms with van der Waals surface area (Å²) in [4.78, 5) is 45.3. The molecule has 234 valence electrons. The topological polar surface area (TPSA) is 101 Å². The molecule has 44 heavy (non-hydrogen) atoms. The van der Waals surface area contributed by atoms with E-state index in [1.54, 1.807) is 24.3 Å². The average molecular weight is 620 g/mol. The zero-order chi connectivity index (χ0) is 31.3. The van der Waals surface area contributed by atoms with Gasteiger partial charge < -0.3 is 19.8 Å². The molecule has 4 aromatic rings. The van der Waals surface area contributed by atoms with Crippen LogP contribution in [0.15, 0.2) is 71.7 Å². The zero-order valence-electron chi connectivity index (χ0n) is 26.4. The van der Waals surface area contributed by atoms with E-state index in [1.165, 1.54) is 6.20 Å². The minimum absolute atomic E-state index is 0. The molecule has 0 fully saturated rings. The number of anilines is 1. The van der Waals surface area contributed by atoms with E-state index in [1.807, 2.05) is 89.8 Å². The van der Waals surface area contributed by atoms with Crippen LogP contribution in [0.5, 0.6) is 11.5 Å². The second kappa shape index (κ2) is 14.6. The molecule has 1 aromatic heterocycles. The fraction of sp³-hybridized carbons (Fsp3) is 0.343. The number of carbonyl (C=O) groups is 2. The van der Waals surface area contributed by atoms with E-state index in [0.717, 1.165) is 11.1 Å². The maximum absolute atomic E-state index is 13.7. The molecule has 0 aliphatic carbocycles. The van der Waals surface area contributed by atoms with Crippen LogP contribution in [0.2, 0.25) is 0 Å². The number of benzene rings is 3. The number of aromatic nitrogens is 1. The monoisotopic (exact) mass is 619 g/mol. The molecule has 0 spiro atoms. The highest BCUT2D eigenvalue weighted by Gasteiger charge is 2.28. The van der Waals surface area contributed by atoms with E-state index in [9.17, 15) is 14.4 Å². The highest BCUT2D eigenvalue weighted by atomic mass is 35.5. The third kappa shape index (κ3) is 7.49. The van der Waals surface area contributed by atoms with Crippen LogP contribution in [-0.2, 0) is 10.2 Å². The first-order chi connectivity index (χ1) is 20.5. The third-order valence-electron chi connectivity index (χ3n) is 7.58. The number of nitrogens with zero attached hydrogens (tertiary/aromatic N) is 1. The molecule has 1 atom stereocenters. The maximum atomic E-state index is 13.7. The van der Waals surface area contributed by atoms with Gasteiger partial charge in [0.15, 0.2) is 0 Å². The van der Waals surface area contributed by atoms with Gasteiger partial charge in [0.2, 0.25) is 5.43 Å². The number of H-pyrrole nitrogens is 1. The van der Waals surface area contributed by atoms with Crippen molar-refractivity contribution in [3.05, 3.63) is 88.2 Å². The van der Waals surface area contributed by atoms with E-state index in [4.69, 9.17) is 9.47 Å². The summed E-state index contributed by atoms with van der Waals surface area (Å²) in [6, 6.07) is 17.8. The van der Waals surface area contributed by atoms with E-state index in [-0.39, 0.29) is 29.4 Å². The third-order valence-corrected chi connectivity index (χ3v) is 7.58. The number of aromatic amines is 1. The smallest absolute Gasteiger partial charge is 0.328 e. The van der Waals surface area contributed by atoms with Crippen molar-refractivity contribution in [1.29, 1.82) is 0 Å². The van der Waals surface area contributed by atoms with Gasteiger partial charge in [-0.25, -0.2) is 4.79 Å². The number of esters is 1. The van der Waals surface area contributed by atoms with Crippen LogP contribution in [-0.4, -0.2) is 47.5 Å². The molecule has 0 radical (unpaired) electrons. The number of hydrogen-bond donors (Lipinski definition) is 2. The summed E-state index contributed by atoms with van der Waals surface area (Å²) >= 11 is 0. The number of para-hydroxylation sites is 1. The van der Waals surface area contributed by atoms with Crippen LogP contribution in [0.3, 0.4) is 0 Å². The lowest BCUT2D eigenvalue weighted by molar-refractivity contribution is -0.139. The van der Waals surface area contributed by atoms with Gasteiger partial charge in [-0.05, 0) is 68.2 Å². The number of rotatable bonds is 10. The van der Waals surface area contributed by atoms with E-state index >= 15 is 0 Å². The summed E-state index contributed by atoms with van der Waals surface area (Å²) in [5.41, 5.74) is 2.53. The van der Waals surface area contributed by atoms with Gasteiger partial charge in [-0.2, -0.15) is 0 Å². The van der Waals surface area contributed by atoms with E-state index < -0.39 is 17.4 Å². The Morgan fingerprint density at radius 2 is 1.68 bits per heavy atom. The van der Waals surface area contributed by atoms with Gasteiger partial charge in [-0.15, -0.1) is 12.4 Å². The Labute approximate surface area is 265 Å². The summed E-state index contributed by atoms with van der Waals surface area (Å²) in [6.07, 6.45) is 1.42. The van der Waals surface area contributed by atoms with Gasteiger partial charge >= 0.3 is 5.97 Å². The summed E-state index contributed by atoms with van der Waals surface area (Å²) in [7, 11) is 0. The van der Waals surface area contributed by atoms with Gasteiger partial charge in [0.25, 0.3) is 5.91 Å². The van der Waals surface area contributed by atoms with Gasteiger partial charge in [0.05, 0.1) is 12.3 Å². The van der Waals surface area contributed by atoms with Crippen LogP contribution in [0.25, 0.3) is 22.0 Å². The normalized spacial score (nSPS) is 12.0. The minimum Gasteiger partial charge on any atom is -0.494 e. The predicted octanol–water partition coefficient (Wildman–Crippen LogP) is 7.20. The van der Waals surface area contributed by atoms with Crippen LogP contribution >= 0.6 is 12.4 Å². The number of halogens is 1. The molecule has 4 rings (SSSR count). The molecule has 1 heterocycles. The van der Waals surface area contributed by atoms with Crippen molar-refractivity contribution < 1.29 is 19.1 Å². The number of fused-ring (bicyclic) bond motifs is 1. The Morgan fingerprint density at radius 1 is 0.977 bits per heavy atom. The summed E-state index contributed by atoms with van der Waals surface area (Å²) in [5, 5.41) is 3.37. The molecule has 0 saturated carbocycles. The predicted molar refractivity (Wildman–Crippen MR) is 180 cm³/mol. The molecule has 0 saturated heterocycles. The SMILES string of the molecule is CCOc1cccc(-c2cc(C(C)(C)C)c(OC(=O)C(C)N(CC)CC)cc2NC(=O)c2c[nH]c3ccccc3c2=O)c1.Cl. The Balaban J connectivity index is 0.00000529. The van der Waals surface area contributed by atoms with Crippen LogP contribution in [0.1, 0.15) is 64.4 Å². The fourth-order valence-electron chi connectivity index (χ4n) is 5.15. The number of pyridine rings is 1. The summed E-state index contributed by atoms with van der Waals surface area (Å²) in [6.45, 7) is 15.8. The van der Waals surface area contributed by atoms with Crippen molar-refractivity contribution in [2.75, 3.05) is 25.0 Å². The number of ether oxygens (including phenoxy) is 2. The van der Waals surface area contributed by atoms with Crippen LogP contribution in [0, 0.1) is 0 Å². The second-order valence-corrected chi connectivity index (χ2v) is 11.5. The first kappa shape index (κ1) is 34.4. The van der Waals surface area contributed by atoms with Gasteiger partial charge in [-0.3, -0.25) is 14.5 Å². The molecular weight excluding hydrogens is 578 g/mol. The standard InChI is InChI=1S/C35H41N3O5.ClH/c1-8-38(9-2)22(4)34(41)43-31-20-30(37-33(40)27-21-36-29-17-12-11-16-25(29)32(27)39)26(19-28(31)35(5,6)7)23-14-13-15-24(18-23)42-10-3;/h11-22H,8-10H2,1-7H3,(H,36,39)(H,37,40);1H. The number of amides is 1. The minimum atomic E-state index is -0.577. The van der Waals surface area contributed by atoms with E-state index in [2.05, 4.69) is 10.3 Å². The Morgan fingerprint density at radius 3 is 2.34 bits per heavy atom. The molecular formula is C35H42ClN3O5. The maximum Gasteiger partial charge on any atom is 0.328 e. The molecule has 3 aromatic carbocycles. The molecule has 9 heteroatoms. The van der Waals surface area contributed by atoms with Crippen molar-refractivity contribution in [2.45, 2.75) is 59.9 Å². The Kier molecular flexibility index (Phi) is 11.4. The van der Waals surface area contributed by atoms with Crippen molar-refractivity contribution in [1.82, 2.24) is 9.88 Å². The van der Waals surface area contributed by atoms with Crippen molar-refractivity contribution in [2.24, 2.45) is 0 Å². The lowest BCUT2D eigenvalue weighted by Gasteiger charge is -2.28. The highest BCUT2D eigenvalue weighted by Crippen LogP contribution is 2.41. The molecule has 0 bridgehead atoms. The average Bonchev–Trinajstić information content (AvgIpc) is 2.97. The van der Waals surface area contributed by atoms with Gasteiger partial charge in [0.1, 0.15) is 23.1 Å². The lowest BCUT2D eigenvalue weighted by Crippen LogP contribution is -2.41. The number of carbonyl (C=O) groups excluding carboxylic acids is 2. The summed E-state index contributed by atoms with van der Waals surface area (Å²) < 4.78 is 11.8. The molecule has 1 amide bonds. The molecule has 1 unspecified atom stereocenters. The number of likely N-dealkylation sites (N-methyl/N-ethyl adjacent to an activating group) is 1. The molecule has 8 nitrogen and oxygen atoms in total. The van der Waals surface area contributed by atoms with E-state index in [0.29, 0.717) is 53.3 Å². The van der Waals surface area contributed by atoms with Crippen LogP contribution < -0.4 is 20.2 Å². The Bertz CT molecular complexity index is 1690. The quantitative estimate of drug-likeness (QED) is 0.144. The highest BCUT2D eigenvalue weighted by molar-refractivity contribution is 6.07. The fourth-order valence-corrected chi connectivity index (χ4v) is 5.15.